The minimum Gasteiger partial charge on any atom is -0.399 e. The number of nitrogens with zero attached hydrogens (tertiary/aromatic N) is 1. The van der Waals surface area contributed by atoms with Gasteiger partial charge in [-0.1, -0.05) is 6.07 Å². The van der Waals surface area contributed by atoms with Crippen molar-refractivity contribution in [1.29, 1.82) is 0 Å². The van der Waals surface area contributed by atoms with Gasteiger partial charge in [0.05, 0.1) is 0 Å². The molecular formula is C14H21N3OS. The molecule has 19 heavy (non-hydrogen) atoms. The number of nitrogen functional groups attached to an aromatic ring is 1. The van der Waals surface area contributed by atoms with Gasteiger partial charge >= 0.3 is 0 Å². The highest BCUT2D eigenvalue weighted by molar-refractivity contribution is 7.99. The predicted octanol–water partition coefficient (Wildman–Crippen LogP) is 1.49. The summed E-state index contributed by atoms with van der Waals surface area (Å²) in [7, 11) is 0. The van der Waals surface area contributed by atoms with Crippen LogP contribution in [-0.2, 0) is 4.79 Å². The molecule has 0 atom stereocenters. The van der Waals surface area contributed by atoms with Crippen LogP contribution in [0.3, 0.4) is 0 Å². The van der Waals surface area contributed by atoms with Crippen LogP contribution in [0.1, 0.15) is 12.0 Å². The zero-order valence-electron chi connectivity index (χ0n) is 11.3. The zero-order chi connectivity index (χ0) is 13.7. The van der Waals surface area contributed by atoms with Gasteiger partial charge in [0.15, 0.2) is 0 Å². The van der Waals surface area contributed by atoms with Gasteiger partial charge in [-0.15, -0.1) is 11.8 Å². The van der Waals surface area contributed by atoms with E-state index < -0.39 is 0 Å². The fraction of sp³-hybridized carbons (Fsp3) is 0.500. The van der Waals surface area contributed by atoms with Gasteiger partial charge in [0.25, 0.3) is 0 Å². The molecule has 1 saturated heterocycles. The van der Waals surface area contributed by atoms with Crippen LogP contribution in [0.15, 0.2) is 23.1 Å². The SMILES string of the molecule is Cc1ccc(N)cc1SCCC(=O)N1CCNCC1. The third-order valence-corrected chi connectivity index (χ3v) is 4.41. The molecule has 0 spiro atoms. The molecular weight excluding hydrogens is 258 g/mol. The Morgan fingerprint density at radius 2 is 2.16 bits per heavy atom. The van der Waals surface area contributed by atoms with E-state index in [4.69, 9.17) is 5.73 Å². The van der Waals surface area contributed by atoms with Gasteiger partial charge in [-0.05, 0) is 24.6 Å². The maximum Gasteiger partial charge on any atom is 0.223 e. The quantitative estimate of drug-likeness (QED) is 0.647. The zero-order valence-corrected chi connectivity index (χ0v) is 12.1. The van der Waals surface area contributed by atoms with E-state index in [1.165, 1.54) is 10.5 Å². The lowest BCUT2D eigenvalue weighted by Gasteiger charge is -2.27. The molecule has 0 bridgehead atoms. The molecule has 1 aromatic rings. The van der Waals surface area contributed by atoms with Crippen molar-refractivity contribution in [2.45, 2.75) is 18.2 Å². The van der Waals surface area contributed by atoms with Crippen LogP contribution >= 0.6 is 11.8 Å². The van der Waals surface area contributed by atoms with Crippen LogP contribution in [0.5, 0.6) is 0 Å². The van der Waals surface area contributed by atoms with Crippen LogP contribution in [0.25, 0.3) is 0 Å². The summed E-state index contributed by atoms with van der Waals surface area (Å²) in [5.74, 6) is 1.07. The average Bonchev–Trinajstić information content (AvgIpc) is 2.43. The normalized spacial score (nSPS) is 15.5. The van der Waals surface area contributed by atoms with Crippen molar-refractivity contribution in [2.75, 3.05) is 37.7 Å². The third kappa shape index (κ3) is 4.14. The second-order valence-electron chi connectivity index (χ2n) is 4.75. The molecule has 104 valence electrons. The van der Waals surface area contributed by atoms with E-state index in [9.17, 15) is 4.79 Å². The van der Waals surface area contributed by atoms with Crippen molar-refractivity contribution in [3.8, 4) is 0 Å². The molecule has 1 aliphatic rings. The minimum atomic E-state index is 0.260. The van der Waals surface area contributed by atoms with Crippen molar-refractivity contribution >= 4 is 23.4 Å². The number of rotatable bonds is 4. The summed E-state index contributed by atoms with van der Waals surface area (Å²) in [5, 5.41) is 3.25. The Morgan fingerprint density at radius 3 is 2.89 bits per heavy atom. The molecule has 0 aromatic heterocycles. The molecule has 1 fully saturated rings. The molecule has 2 rings (SSSR count). The van der Waals surface area contributed by atoms with Crippen LogP contribution in [-0.4, -0.2) is 42.7 Å². The summed E-state index contributed by atoms with van der Waals surface area (Å²) in [6.07, 6.45) is 0.596. The molecule has 1 amide bonds. The number of hydrogen-bond acceptors (Lipinski definition) is 4. The Kier molecular flexibility index (Phi) is 5.10. The number of anilines is 1. The van der Waals surface area contributed by atoms with Gasteiger partial charge in [0.1, 0.15) is 0 Å². The molecule has 5 heteroatoms. The highest BCUT2D eigenvalue weighted by Crippen LogP contribution is 2.25. The topological polar surface area (TPSA) is 58.4 Å². The third-order valence-electron chi connectivity index (χ3n) is 3.26. The molecule has 0 aliphatic carbocycles. The van der Waals surface area contributed by atoms with E-state index in [0.717, 1.165) is 37.6 Å². The Morgan fingerprint density at radius 1 is 1.42 bits per heavy atom. The first-order valence-corrected chi connectivity index (χ1v) is 7.63. The first kappa shape index (κ1) is 14.2. The standard InChI is InChI=1S/C14H21N3OS/c1-11-2-3-12(15)10-13(11)19-9-4-14(18)17-7-5-16-6-8-17/h2-3,10,16H,4-9,15H2,1H3. The molecule has 3 N–H and O–H groups in total. The summed E-state index contributed by atoms with van der Waals surface area (Å²) in [4.78, 5) is 15.1. The van der Waals surface area contributed by atoms with E-state index in [1.54, 1.807) is 11.8 Å². The molecule has 0 saturated carbocycles. The highest BCUT2D eigenvalue weighted by atomic mass is 32.2. The summed E-state index contributed by atoms with van der Waals surface area (Å²) in [6.45, 7) is 5.56. The lowest BCUT2D eigenvalue weighted by atomic mass is 10.2. The molecule has 1 heterocycles. The lowest BCUT2D eigenvalue weighted by Crippen LogP contribution is -2.46. The van der Waals surface area contributed by atoms with Gasteiger partial charge in [0.2, 0.25) is 5.91 Å². The smallest absolute Gasteiger partial charge is 0.223 e. The first-order chi connectivity index (χ1) is 9.16. The number of piperazine rings is 1. The number of carbonyl (C=O) groups is 1. The number of carbonyl (C=O) groups excluding carboxylic acids is 1. The van der Waals surface area contributed by atoms with Crippen LogP contribution in [0.2, 0.25) is 0 Å². The molecule has 1 aromatic carbocycles. The average molecular weight is 279 g/mol. The largest absolute Gasteiger partial charge is 0.399 e. The number of hydrogen-bond donors (Lipinski definition) is 2. The second kappa shape index (κ2) is 6.82. The van der Waals surface area contributed by atoms with Crippen LogP contribution < -0.4 is 11.1 Å². The summed E-state index contributed by atoms with van der Waals surface area (Å²) in [5.41, 5.74) is 7.78. The van der Waals surface area contributed by atoms with Crippen molar-refractivity contribution in [1.82, 2.24) is 10.2 Å². The summed E-state index contributed by atoms with van der Waals surface area (Å²) >= 11 is 1.71. The van der Waals surface area contributed by atoms with E-state index in [2.05, 4.69) is 12.2 Å². The minimum absolute atomic E-state index is 0.260. The summed E-state index contributed by atoms with van der Waals surface area (Å²) in [6, 6.07) is 5.91. The second-order valence-corrected chi connectivity index (χ2v) is 5.89. The van der Waals surface area contributed by atoms with E-state index in [0.29, 0.717) is 6.42 Å². The van der Waals surface area contributed by atoms with Gasteiger partial charge in [-0.25, -0.2) is 0 Å². The van der Waals surface area contributed by atoms with Crippen LogP contribution in [0, 0.1) is 6.92 Å². The van der Waals surface area contributed by atoms with Gasteiger partial charge in [0, 0.05) is 48.9 Å². The number of amides is 1. The van der Waals surface area contributed by atoms with Crippen molar-refractivity contribution in [3.05, 3.63) is 23.8 Å². The molecule has 0 radical (unpaired) electrons. The monoisotopic (exact) mass is 279 g/mol. The molecule has 4 nitrogen and oxygen atoms in total. The van der Waals surface area contributed by atoms with Crippen molar-refractivity contribution in [2.24, 2.45) is 0 Å². The van der Waals surface area contributed by atoms with Gasteiger partial charge in [-0.2, -0.15) is 0 Å². The van der Waals surface area contributed by atoms with Crippen LogP contribution in [0.4, 0.5) is 5.69 Å². The van der Waals surface area contributed by atoms with E-state index in [1.807, 2.05) is 23.1 Å². The van der Waals surface area contributed by atoms with E-state index >= 15 is 0 Å². The number of nitrogens with two attached hydrogens (primary N) is 1. The van der Waals surface area contributed by atoms with Gasteiger partial charge < -0.3 is 16.0 Å². The number of benzene rings is 1. The number of nitrogens with one attached hydrogen (secondary N) is 1. The van der Waals surface area contributed by atoms with Crippen molar-refractivity contribution < 1.29 is 4.79 Å². The number of thioether (sulfide) groups is 1. The molecule has 1 aliphatic heterocycles. The maximum atomic E-state index is 12.0. The Labute approximate surface area is 118 Å². The molecule has 0 unspecified atom stereocenters. The van der Waals surface area contributed by atoms with E-state index in [-0.39, 0.29) is 5.91 Å². The first-order valence-electron chi connectivity index (χ1n) is 6.64. The number of aryl methyl sites for hydroxylation is 1. The lowest BCUT2D eigenvalue weighted by molar-refractivity contribution is -0.131. The summed E-state index contributed by atoms with van der Waals surface area (Å²) < 4.78 is 0. The Balaban J connectivity index is 1.79. The van der Waals surface area contributed by atoms with Gasteiger partial charge in [-0.3, -0.25) is 4.79 Å². The van der Waals surface area contributed by atoms with Crippen molar-refractivity contribution in [3.63, 3.8) is 0 Å². The Hall–Kier alpha value is -1.20. The fourth-order valence-corrected chi connectivity index (χ4v) is 3.10. The highest BCUT2D eigenvalue weighted by Gasteiger charge is 2.15. The Bertz CT molecular complexity index is 444. The predicted molar refractivity (Wildman–Crippen MR) is 80.4 cm³/mol. The maximum absolute atomic E-state index is 12.0. The fourth-order valence-electron chi connectivity index (χ4n) is 2.09.